The number of ether oxygens (including phenoxy) is 1. The summed E-state index contributed by atoms with van der Waals surface area (Å²) in [5.41, 5.74) is 1.86. The number of rotatable bonds is 4. The van der Waals surface area contributed by atoms with Crippen molar-refractivity contribution in [2.24, 2.45) is 0 Å². The molecule has 76 valence electrons. The van der Waals surface area contributed by atoms with E-state index in [1.165, 1.54) is 0 Å². The Morgan fingerprint density at radius 2 is 1.93 bits per heavy atom. The highest BCUT2D eigenvalue weighted by Gasteiger charge is 2.05. The molecule has 0 heterocycles. The van der Waals surface area contributed by atoms with Gasteiger partial charge in [0.25, 0.3) is 0 Å². The molecule has 1 atom stereocenters. The van der Waals surface area contributed by atoms with Crippen LogP contribution in [0.25, 0.3) is 0 Å². The average molecular weight is 192 g/mol. The molecule has 0 radical (unpaired) electrons. The van der Waals surface area contributed by atoms with Gasteiger partial charge in [-0.2, -0.15) is 0 Å². The van der Waals surface area contributed by atoms with Crippen LogP contribution in [0.3, 0.4) is 0 Å². The van der Waals surface area contributed by atoms with Gasteiger partial charge in [0.05, 0.1) is 6.10 Å². The van der Waals surface area contributed by atoms with Gasteiger partial charge >= 0.3 is 0 Å². The van der Waals surface area contributed by atoms with E-state index >= 15 is 0 Å². The van der Waals surface area contributed by atoms with Crippen molar-refractivity contribution in [3.63, 3.8) is 0 Å². The maximum Gasteiger partial charge on any atom is 0.159 e. The van der Waals surface area contributed by atoms with Gasteiger partial charge in [-0.25, -0.2) is 0 Å². The third-order valence-electron chi connectivity index (χ3n) is 2.20. The monoisotopic (exact) mass is 192 g/mol. The van der Waals surface area contributed by atoms with Crippen molar-refractivity contribution < 1.29 is 9.53 Å². The van der Waals surface area contributed by atoms with Gasteiger partial charge in [0, 0.05) is 12.2 Å². The molecule has 0 saturated heterocycles. The highest BCUT2D eigenvalue weighted by molar-refractivity contribution is 5.93. The lowest BCUT2D eigenvalue weighted by molar-refractivity contribution is 0.0763. The molecule has 0 aliphatic heterocycles. The molecular weight excluding hydrogens is 176 g/mol. The highest BCUT2D eigenvalue weighted by atomic mass is 16.5. The number of benzene rings is 1. The predicted octanol–water partition coefficient (Wildman–Crippen LogP) is 2.99. The molecule has 0 aliphatic carbocycles. The Morgan fingerprint density at radius 3 is 2.36 bits per heavy atom. The zero-order valence-electron chi connectivity index (χ0n) is 8.91. The number of hydrogen-bond acceptors (Lipinski definition) is 2. The van der Waals surface area contributed by atoms with Crippen LogP contribution in [-0.4, -0.2) is 12.4 Å². The van der Waals surface area contributed by atoms with Gasteiger partial charge in [0.1, 0.15) is 0 Å². The van der Waals surface area contributed by atoms with E-state index in [2.05, 4.69) is 0 Å². The van der Waals surface area contributed by atoms with E-state index in [4.69, 9.17) is 4.74 Å². The first-order valence-corrected chi connectivity index (χ1v) is 4.87. The van der Waals surface area contributed by atoms with E-state index < -0.39 is 0 Å². The van der Waals surface area contributed by atoms with Gasteiger partial charge < -0.3 is 4.74 Å². The number of hydrogen-bond donors (Lipinski definition) is 0. The van der Waals surface area contributed by atoms with Crippen LogP contribution in [0.1, 0.15) is 42.8 Å². The van der Waals surface area contributed by atoms with Crippen molar-refractivity contribution in [3.05, 3.63) is 35.4 Å². The zero-order valence-corrected chi connectivity index (χ0v) is 8.91. The Hall–Kier alpha value is -1.15. The quantitative estimate of drug-likeness (QED) is 0.685. The molecule has 1 aromatic rings. The van der Waals surface area contributed by atoms with Crippen LogP contribution in [0.5, 0.6) is 0 Å². The maximum atomic E-state index is 11.0. The van der Waals surface area contributed by atoms with Gasteiger partial charge in [-0.1, -0.05) is 24.3 Å². The molecule has 0 spiro atoms. The Kier molecular flexibility index (Phi) is 3.84. The molecule has 0 saturated carbocycles. The number of carbonyl (C=O) groups is 1. The SMILES string of the molecule is CCOC(C)c1ccc(C(C)=O)cc1. The molecule has 0 aromatic heterocycles. The molecule has 14 heavy (non-hydrogen) atoms. The minimum Gasteiger partial charge on any atom is -0.374 e. The standard InChI is InChI=1S/C12H16O2/c1-4-14-10(3)12-7-5-11(6-8-12)9(2)13/h5-8,10H,4H2,1-3H3. The Balaban J connectivity index is 2.77. The Labute approximate surface area is 84.9 Å². The molecule has 0 aliphatic rings. The van der Waals surface area contributed by atoms with E-state index in [0.29, 0.717) is 6.61 Å². The summed E-state index contributed by atoms with van der Waals surface area (Å²) in [6.07, 6.45) is 0.0982. The first-order chi connectivity index (χ1) is 6.65. The molecule has 2 nitrogen and oxygen atoms in total. The van der Waals surface area contributed by atoms with Crippen LogP contribution in [0.4, 0.5) is 0 Å². The first-order valence-electron chi connectivity index (χ1n) is 4.87. The van der Waals surface area contributed by atoms with Crippen LogP contribution in [0, 0.1) is 0 Å². The highest BCUT2D eigenvalue weighted by Crippen LogP contribution is 2.17. The fourth-order valence-electron chi connectivity index (χ4n) is 1.34. The number of Topliss-reactive ketones (excluding diaryl/α,β-unsaturated/α-hetero) is 1. The third kappa shape index (κ3) is 2.67. The summed E-state index contributed by atoms with van der Waals surface area (Å²) < 4.78 is 5.44. The lowest BCUT2D eigenvalue weighted by Crippen LogP contribution is -2.00. The second-order valence-corrected chi connectivity index (χ2v) is 3.28. The minimum atomic E-state index is 0.0978. The summed E-state index contributed by atoms with van der Waals surface area (Å²) in [6.45, 7) is 6.25. The van der Waals surface area contributed by atoms with Crippen molar-refractivity contribution in [1.29, 1.82) is 0 Å². The van der Waals surface area contributed by atoms with Crippen LogP contribution in [0.2, 0.25) is 0 Å². The topological polar surface area (TPSA) is 26.3 Å². The van der Waals surface area contributed by atoms with Crippen molar-refractivity contribution in [2.75, 3.05) is 6.61 Å². The lowest BCUT2D eigenvalue weighted by atomic mass is 10.1. The summed E-state index contributed by atoms with van der Waals surface area (Å²) >= 11 is 0. The van der Waals surface area contributed by atoms with Gasteiger partial charge in [-0.05, 0) is 26.3 Å². The molecule has 1 unspecified atom stereocenters. The van der Waals surface area contributed by atoms with E-state index in [0.717, 1.165) is 11.1 Å². The second-order valence-electron chi connectivity index (χ2n) is 3.28. The van der Waals surface area contributed by atoms with E-state index in [1.54, 1.807) is 6.92 Å². The summed E-state index contributed by atoms with van der Waals surface area (Å²) in [5.74, 6) is 0.0978. The second kappa shape index (κ2) is 4.91. The summed E-state index contributed by atoms with van der Waals surface area (Å²) in [6, 6.07) is 7.56. The van der Waals surface area contributed by atoms with Crippen LogP contribution < -0.4 is 0 Å². The molecule has 0 fully saturated rings. The molecule has 1 rings (SSSR count). The summed E-state index contributed by atoms with van der Waals surface area (Å²) in [5, 5.41) is 0. The van der Waals surface area contributed by atoms with Crippen LogP contribution in [-0.2, 0) is 4.74 Å². The fourth-order valence-corrected chi connectivity index (χ4v) is 1.34. The van der Waals surface area contributed by atoms with Gasteiger partial charge in [-0.3, -0.25) is 4.79 Å². The molecule has 1 aromatic carbocycles. The number of ketones is 1. The summed E-state index contributed by atoms with van der Waals surface area (Å²) in [4.78, 5) is 11.0. The largest absolute Gasteiger partial charge is 0.374 e. The van der Waals surface area contributed by atoms with Crippen molar-refractivity contribution in [1.82, 2.24) is 0 Å². The zero-order chi connectivity index (χ0) is 10.6. The normalized spacial score (nSPS) is 12.5. The minimum absolute atomic E-state index is 0.0978. The van der Waals surface area contributed by atoms with Crippen molar-refractivity contribution >= 4 is 5.78 Å². The lowest BCUT2D eigenvalue weighted by Gasteiger charge is -2.11. The molecule has 0 N–H and O–H groups in total. The van der Waals surface area contributed by atoms with E-state index in [9.17, 15) is 4.79 Å². The molecule has 0 amide bonds. The third-order valence-corrected chi connectivity index (χ3v) is 2.20. The molecular formula is C12H16O2. The van der Waals surface area contributed by atoms with Crippen molar-refractivity contribution in [2.45, 2.75) is 26.9 Å². The van der Waals surface area contributed by atoms with Crippen LogP contribution in [0.15, 0.2) is 24.3 Å². The fraction of sp³-hybridized carbons (Fsp3) is 0.417. The molecule has 2 heteroatoms. The Bertz CT molecular complexity index is 301. The summed E-state index contributed by atoms with van der Waals surface area (Å²) in [7, 11) is 0. The smallest absolute Gasteiger partial charge is 0.159 e. The average Bonchev–Trinajstić information content (AvgIpc) is 2.18. The first kappa shape index (κ1) is 10.9. The number of carbonyl (C=O) groups excluding carboxylic acids is 1. The van der Waals surface area contributed by atoms with Gasteiger partial charge in [-0.15, -0.1) is 0 Å². The Morgan fingerprint density at radius 1 is 1.36 bits per heavy atom. The molecule has 0 bridgehead atoms. The predicted molar refractivity (Wildman–Crippen MR) is 56.5 cm³/mol. The van der Waals surface area contributed by atoms with E-state index in [-0.39, 0.29) is 11.9 Å². The van der Waals surface area contributed by atoms with Crippen LogP contribution >= 0.6 is 0 Å². The van der Waals surface area contributed by atoms with E-state index in [1.807, 2.05) is 38.1 Å². The van der Waals surface area contributed by atoms with Gasteiger partial charge in [0.2, 0.25) is 0 Å². The van der Waals surface area contributed by atoms with Gasteiger partial charge in [0.15, 0.2) is 5.78 Å². The van der Waals surface area contributed by atoms with Crippen molar-refractivity contribution in [3.8, 4) is 0 Å². The maximum absolute atomic E-state index is 11.0.